The molecule has 2 amide bonds. The van der Waals surface area contributed by atoms with Crippen LogP contribution in [0.1, 0.15) is 48.3 Å². The molecule has 0 spiro atoms. The van der Waals surface area contributed by atoms with Crippen molar-refractivity contribution < 1.29 is 22.7 Å². The first-order valence-corrected chi connectivity index (χ1v) is 15.8. The van der Waals surface area contributed by atoms with Gasteiger partial charge in [0.25, 0.3) is 11.8 Å². The minimum atomic E-state index is -3.90. The van der Waals surface area contributed by atoms with Crippen LogP contribution in [0.3, 0.4) is 0 Å². The molecule has 1 fully saturated rings. The van der Waals surface area contributed by atoms with E-state index in [0.717, 1.165) is 17.7 Å². The number of nitrogens with one attached hydrogen (secondary N) is 2. The first-order chi connectivity index (χ1) is 19.5. The molecule has 13 heteroatoms. The molecule has 3 aromatic rings. The van der Waals surface area contributed by atoms with Gasteiger partial charge in [0.05, 0.1) is 21.0 Å². The molecule has 1 unspecified atom stereocenters. The van der Waals surface area contributed by atoms with E-state index in [0.29, 0.717) is 52.7 Å². The highest BCUT2D eigenvalue weighted by atomic mass is 32.2. The second kappa shape index (κ2) is 11.5. The third-order valence-corrected chi connectivity index (χ3v) is 10.1. The number of carbonyl (C=O) groups is 2. The summed E-state index contributed by atoms with van der Waals surface area (Å²) in [7, 11) is -0.913. The number of aryl methyl sites for hydroxylation is 1. The maximum atomic E-state index is 13.4. The lowest BCUT2D eigenvalue weighted by molar-refractivity contribution is -0.122. The van der Waals surface area contributed by atoms with Gasteiger partial charge in [0.15, 0.2) is 5.13 Å². The molecule has 2 N–H and O–H groups in total. The van der Waals surface area contributed by atoms with Gasteiger partial charge in [-0.2, -0.15) is 0 Å². The predicted molar refractivity (Wildman–Crippen MR) is 158 cm³/mol. The van der Waals surface area contributed by atoms with Crippen molar-refractivity contribution in [1.29, 1.82) is 0 Å². The largest absolute Gasteiger partial charge is 0.372 e. The van der Waals surface area contributed by atoms with E-state index in [1.807, 2.05) is 26.8 Å². The van der Waals surface area contributed by atoms with E-state index in [1.54, 1.807) is 36.2 Å². The molecule has 41 heavy (non-hydrogen) atoms. The average Bonchev–Trinajstić information content (AvgIpc) is 3.68. The second-order valence-corrected chi connectivity index (χ2v) is 13.1. The van der Waals surface area contributed by atoms with Gasteiger partial charge in [-0.15, -0.1) is 0 Å². The van der Waals surface area contributed by atoms with E-state index in [-0.39, 0.29) is 34.9 Å². The standard InChI is InChI=1S/C28H34N6O5S2/c1-6-39-15-24(35)33(5)23-9-7-8-22(31-23)32-28-30-16(2)26(40-28)19-12-20-14-34(17(3)18-10-11-18)27(36)25(20)21(13-19)41(37,38)29-4/h7-9,12-13,17-18,29H,6,10-11,14-15H2,1-5H3,(H,30,31,32). The highest BCUT2D eigenvalue weighted by Crippen LogP contribution is 2.42. The van der Waals surface area contributed by atoms with Crippen molar-refractivity contribution in [1.82, 2.24) is 19.6 Å². The normalized spacial score (nSPS) is 15.6. The van der Waals surface area contributed by atoms with Crippen molar-refractivity contribution in [3.8, 4) is 10.4 Å². The van der Waals surface area contributed by atoms with Crippen LogP contribution < -0.4 is 14.9 Å². The number of aromatic nitrogens is 2. The summed E-state index contributed by atoms with van der Waals surface area (Å²) in [6.45, 7) is 6.51. The number of hydrogen-bond donors (Lipinski definition) is 2. The monoisotopic (exact) mass is 598 g/mol. The van der Waals surface area contributed by atoms with E-state index in [1.165, 1.54) is 23.3 Å². The molecule has 1 aliphatic carbocycles. The summed E-state index contributed by atoms with van der Waals surface area (Å²) in [6, 6.07) is 8.82. The maximum absolute atomic E-state index is 13.4. The Kier molecular flexibility index (Phi) is 8.15. The number of rotatable bonds is 11. The van der Waals surface area contributed by atoms with Crippen LogP contribution in [-0.4, -0.2) is 68.5 Å². The number of carbonyl (C=O) groups excluding carboxylic acids is 2. The minimum Gasteiger partial charge on any atom is -0.372 e. The Morgan fingerprint density at radius 2 is 2.02 bits per heavy atom. The van der Waals surface area contributed by atoms with E-state index >= 15 is 0 Å². The van der Waals surface area contributed by atoms with Crippen LogP contribution in [-0.2, 0) is 26.1 Å². The molecule has 0 radical (unpaired) electrons. The van der Waals surface area contributed by atoms with Gasteiger partial charge >= 0.3 is 0 Å². The third kappa shape index (κ3) is 5.85. The molecule has 2 aliphatic rings. The smallest absolute Gasteiger partial charge is 0.256 e. The molecule has 1 aromatic carbocycles. The van der Waals surface area contributed by atoms with Crippen molar-refractivity contribution in [3.63, 3.8) is 0 Å². The molecule has 11 nitrogen and oxygen atoms in total. The van der Waals surface area contributed by atoms with Crippen molar-refractivity contribution in [2.75, 3.05) is 37.5 Å². The minimum absolute atomic E-state index is 0.0144. The van der Waals surface area contributed by atoms with E-state index in [9.17, 15) is 18.0 Å². The lowest BCUT2D eigenvalue weighted by Gasteiger charge is -2.24. The molecule has 0 bridgehead atoms. The van der Waals surface area contributed by atoms with Gasteiger partial charge in [-0.3, -0.25) is 14.5 Å². The summed E-state index contributed by atoms with van der Waals surface area (Å²) in [5.74, 6) is 0.976. The van der Waals surface area contributed by atoms with E-state index in [4.69, 9.17) is 4.74 Å². The molecule has 218 valence electrons. The number of amides is 2. The molecular formula is C28H34N6O5S2. The summed E-state index contributed by atoms with van der Waals surface area (Å²) in [5, 5.41) is 3.76. The molecule has 1 saturated carbocycles. The Morgan fingerprint density at radius 3 is 2.71 bits per heavy atom. The zero-order chi connectivity index (χ0) is 29.5. The fraction of sp³-hybridized carbons (Fsp3) is 0.429. The van der Waals surface area contributed by atoms with Crippen molar-refractivity contribution in [2.45, 2.75) is 51.1 Å². The molecule has 0 saturated heterocycles. The number of ether oxygens (including phenoxy) is 1. The van der Waals surface area contributed by atoms with Gasteiger partial charge in [-0.05, 0) is 82.0 Å². The third-order valence-electron chi connectivity index (χ3n) is 7.53. The molecule has 3 heterocycles. The second-order valence-electron chi connectivity index (χ2n) is 10.3. The molecule has 2 aromatic heterocycles. The van der Waals surface area contributed by atoms with Crippen LogP contribution in [0.15, 0.2) is 35.2 Å². The lowest BCUT2D eigenvalue weighted by Crippen LogP contribution is -2.35. The van der Waals surface area contributed by atoms with Gasteiger partial charge in [-0.25, -0.2) is 23.1 Å². The number of sulfonamides is 1. The Hall–Kier alpha value is -3.39. The fourth-order valence-electron chi connectivity index (χ4n) is 4.98. The Bertz CT molecular complexity index is 1600. The van der Waals surface area contributed by atoms with Crippen LogP contribution in [0.25, 0.3) is 10.4 Å². The number of likely N-dealkylation sites (N-methyl/N-ethyl adjacent to an activating group) is 1. The summed E-state index contributed by atoms with van der Waals surface area (Å²) < 4.78 is 33.8. The summed E-state index contributed by atoms with van der Waals surface area (Å²) in [4.78, 5) is 39.0. The van der Waals surface area contributed by atoms with Crippen molar-refractivity contribution >= 4 is 49.9 Å². The summed E-state index contributed by atoms with van der Waals surface area (Å²) in [6.07, 6.45) is 2.17. The Morgan fingerprint density at radius 1 is 1.27 bits per heavy atom. The summed E-state index contributed by atoms with van der Waals surface area (Å²) >= 11 is 1.36. The molecule has 1 aliphatic heterocycles. The lowest BCUT2D eigenvalue weighted by atomic mass is 10.0. The number of nitrogens with zero attached hydrogens (tertiary/aromatic N) is 4. The number of thiazole rings is 1. The quantitative estimate of drug-likeness (QED) is 0.339. The van der Waals surface area contributed by atoms with E-state index < -0.39 is 10.0 Å². The predicted octanol–water partition coefficient (Wildman–Crippen LogP) is 3.92. The van der Waals surface area contributed by atoms with Gasteiger partial charge in [0.1, 0.15) is 18.2 Å². The Balaban J connectivity index is 1.45. The van der Waals surface area contributed by atoms with Crippen LogP contribution in [0.4, 0.5) is 16.8 Å². The average molecular weight is 599 g/mol. The van der Waals surface area contributed by atoms with Crippen LogP contribution >= 0.6 is 11.3 Å². The summed E-state index contributed by atoms with van der Waals surface area (Å²) in [5.41, 5.74) is 2.33. The van der Waals surface area contributed by atoms with Gasteiger partial charge in [0.2, 0.25) is 10.0 Å². The van der Waals surface area contributed by atoms with Crippen LogP contribution in [0.2, 0.25) is 0 Å². The van der Waals surface area contributed by atoms with Crippen LogP contribution in [0, 0.1) is 12.8 Å². The fourth-order valence-corrected chi connectivity index (χ4v) is 6.93. The molecular weight excluding hydrogens is 564 g/mol. The van der Waals surface area contributed by atoms with Gasteiger partial charge < -0.3 is 15.0 Å². The van der Waals surface area contributed by atoms with Gasteiger partial charge in [-0.1, -0.05) is 17.4 Å². The van der Waals surface area contributed by atoms with Gasteiger partial charge in [0, 0.05) is 26.2 Å². The number of anilines is 3. The number of hydrogen-bond acceptors (Lipinski definition) is 9. The number of pyridine rings is 1. The van der Waals surface area contributed by atoms with Crippen molar-refractivity contribution in [3.05, 3.63) is 47.2 Å². The zero-order valence-corrected chi connectivity index (χ0v) is 25.4. The van der Waals surface area contributed by atoms with Crippen molar-refractivity contribution in [2.24, 2.45) is 5.92 Å². The highest BCUT2D eigenvalue weighted by molar-refractivity contribution is 7.89. The first-order valence-electron chi connectivity index (χ1n) is 13.5. The molecule has 1 atom stereocenters. The zero-order valence-electron chi connectivity index (χ0n) is 23.7. The first kappa shape index (κ1) is 29.1. The number of fused-ring (bicyclic) bond motifs is 1. The number of benzene rings is 1. The van der Waals surface area contributed by atoms with Crippen LogP contribution in [0.5, 0.6) is 0 Å². The topological polar surface area (TPSA) is 134 Å². The Labute approximate surface area is 244 Å². The maximum Gasteiger partial charge on any atom is 0.256 e. The molecule has 5 rings (SSSR count). The highest BCUT2D eigenvalue weighted by Gasteiger charge is 2.41. The van der Waals surface area contributed by atoms with E-state index in [2.05, 4.69) is 20.0 Å². The SMILES string of the molecule is CCOCC(=O)N(C)c1cccc(Nc2nc(C)c(-c3cc4c(c(S(=O)(=O)NC)c3)C(=O)N(C(C)C3CC3)C4)s2)n1.